The number of aromatic nitrogens is 1. The number of carbonyl (C=O) groups is 1. The van der Waals surface area contributed by atoms with Crippen molar-refractivity contribution in [3.8, 4) is 0 Å². The Morgan fingerprint density at radius 2 is 1.95 bits per heavy atom. The minimum Gasteiger partial charge on any atom is -0.352 e. The molecule has 0 unspecified atom stereocenters. The fraction of sp³-hybridized carbons (Fsp3) is 0.571. The van der Waals surface area contributed by atoms with Crippen molar-refractivity contribution in [1.29, 1.82) is 0 Å². The zero-order valence-corrected chi connectivity index (χ0v) is 13.6. The summed E-state index contributed by atoms with van der Waals surface area (Å²) in [4.78, 5) is 23.4. The average molecular weight is 327 g/mol. The van der Waals surface area contributed by atoms with E-state index in [1.807, 2.05) is 0 Å². The number of aryl methyl sites for hydroxylation is 1. The number of sulfonamides is 1. The molecule has 1 fully saturated rings. The number of carbonyl (C=O) groups excluding carboxylic acids is 1. The maximum atomic E-state index is 12.1. The summed E-state index contributed by atoms with van der Waals surface area (Å²) in [6.45, 7) is 1.13. The molecule has 7 nitrogen and oxygen atoms in total. The van der Waals surface area contributed by atoms with Crippen molar-refractivity contribution in [2.24, 2.45) is 13.0 Å². The maximum absolute atomic E-state index is 12.1. The summed E-state index contributed by atoms with van der Waals surface area (Å²) < 4.78 is 25.7. The molecule has 1 N–H and O–H groups in total. The monoisotopic (exact) mass is 327 g/mol. The van der Waals surface area contributed by atoms with Crippen molar-refractivity contribution in [3.63, 3.8) is 0 Å². The highest BCUT2D eigenvalue weighted by Gasteiger charge is 2.28. The minimum atomic E-state index is -3.17. The van der Waals surface area contributed by atoms with Crippen LogP contribution in [0, 0.1) is 5.92 Å². The van der Waals surface area contributed by atoms with Crippen molar-refractivity contribution in [2.45, 2.75) is 19.4 Å². The normalized spacial score (nSPS) is 17.4. The first kappa shape index (κ1) is 16.7. The molecule has 0 spiro atoms. The van der Waals surface area contributed by atoms with Crippen molar-refractivity contribution in [1.82, 2.24) is 14.2 Å². The highest BCUT2D eigenvalue weighted by molar-refractivity contribution is 7.88. The van der Waals surface area contributed by atoms with Gasteiger partial charge in [0.2, 0.25) is 21.5 Å². The summed E-state index contributed by atoms with van der Waals surface area (Å²) in [5.41, 5.74) is 0.757. The molecule has 0 saturated carbocycles. The molecule has 1 amide bonds. The quantitative estimate of drug-likeness (QED) is 0.820. The molecule has 0 radical (unpaired) electrons. The highest BCUT2D eigenvalue weighted by atomic mass is 32.2. The zero-order valence-electron chi connectivity index (χ0n) is 12.8. The van der Waals surface area contributed by atoms with E-state index < -0.39 is 10.0 Å². The molecular weight excluding hydrogens is 306 g/mol. The Morgan fingerprint density at radius 1 is 1.32 bits per heavy atom. The van der Waals surface area contributed by atoms with Gasteiger partial charge in [0.25, 0.3) is 0 Å². The number of amides is 1. The lowest BCUT2D eigenvalue weighted by Gasteiger charge is -2.29. The smallest absolute Gasteiger partial charge is 0.250 e. The van der Waals surface area contributed by atoms with Crippen molar-refractivity contribution in [2.75, 3.05) is 19.3 Å². The van der Waals surface area contributed by atoms with Crippen LogP contribution in [0.2, 0.25) is 0 Å². The molecule has 8 heteroatoms. The van der Waals surface area contributed by atoms with Crippen molar-refractivity contribution < 1.29 is 13.2 Å². The predicted octanol–water partition coefficient (Wildman–Crippen LogP) is -0.327. The molecule has 2 heterocycles. The fourth-order valence-corrected chi connectivity index (χ4v) is 3.41. The van der Waals surface area contributed by atoms with Gasteiger partial charge in [-0.2, -0.15) is 0 Å². The Labute approximate surface area is 130 Å². The van der Waals surface area contributed by atoms with E-state index in [2.05, 4.69) is 5.32 Å². The number of piperidine rings is 1. The summed E-state index contributed by atoms with van der Waals surface area (Å²) in [5, 5.41) is 2.85. The molecule has 2 rings (SSSR count). The molecule has 0 aromatic carbocycles. The molecule has 122 valence electrons. The van der Waals surface area contributed by atoms with Crippen LogP contribution in [0.15, 0.2) is 23.1 Å². The SMILES string of the molecule is Cn1cc(CNC(=O)C2CCN(S(C)(=O)=O)CC2)ccc1=O. The number of rotatable bonds is 4. The standard InChI is InChI=1S/C14H21N3O4S/c1-16-10-11(3-4-13(16)18)9-15-14(19)12-5-7-17(8-6-12)22(2,20)21/h3-4,10,12H,5-9H2,1-2H3,(H,15,19). The van der Waals surface area contributed by atoms with Crippen molar-refractivity contribution >= 4 is 15.9 Å². The van der Waals surface area contributed by atoms with E-state index >= 15 is 0 Å². The Bertz CT molecular complexity index is 703. The minimum absolute atomic E-state index is 0.0676. The second-order valence-corrected chi connectivity index (χ2v) is 7.62. The molecule has 1 saturated heterocycles. The second-order valence-electron chi connectivity index (χ2n) is 5.64. The summed E-state index contributed by atoms with van der Waals surface area (Å²) in [6, 6.07) is 3.15. The third kappa shape index (κ3) is 4.17. The fourth-order valence-electron chi connectivity index (χ4n) is 2.54. The highest BCUT2D eigenvalue weighted by Crippen LogP contribution is 2.19. The van der Waals surface area contributed by atoms with Crippen LogP contribution < -0.4 is 10.9 Å². The van der Waals surface area contributed by atoms with Crippen LogP contribution >= 0.6 is 0 Å². The number of pyridine rings is 1. The van der Waals surface area contributed by atoms with E-state index in [0.29, 0.717) is 32.5 Å². The van der Waals surface area contributed by atoms with Gasteiger partial charge in [0.1, 0.15) is 0 Å². The van der Waals surface area contributed by atoms with Crippen LogP contribution in [0.5, 0.6) is 0 Å². The Balaban J connectivity index is 1.86. The van der Waals surface area contributed by atoms with Crippen LogP contribution in [0.3, 0.4) is 0 Å². The lowest BCUT2D eigenvalue weighted by atomic mass is 9.97. The van der Waals surface area contributed by atoms with E-state index in [-0.39, 0.29) is 17.4 Å². The molecule has 0 atom stereocenters. The Morgan fingerprint density at radius 3 is 2.50 bits per heavy atom. The third-order valence-electron chi connectivity index (χ3n) is 3.91. The van der Waals surface area contributed by atoms with E-state index in [1.165, 1.54) is 21.2 Å². The van der Waals surface area contributed by atoms with Gasteiger partial charge in [0, 0.05) is 44.9 Å². The lowest BCUT2D eigenvalue weighted by Crippen LogP contribution is -2.42. The molecule has 1 aromatic heterocycles. The molecule has 1 aliphatic rings. The van der Waals surface area contributed by atoms with Gasteiger partial charge < -0.3 is 9.88 Å². The molecule has 1 aliphatic heterocycles. The number of nitrogens with one attached hydrogen (secondary N) is 1. The molecular formula is C14H21N3O4S. The van der Waals surface area contributed by atoms with Gasteiger partial charge in [-0.1, -0.05) is 6.07 Å². The first-order chi connectivity index (χ1) is 10.3. The van der Waals surface area contributed by atoms with Crippen LogP contribution in [-0.4, -0.2) is 42.5 Å². The summed E-state index contributed by atoms with van der Waals surface area (Å²) >= 11 is 0. The van der Waals surface area contributed by atoms with Crippen molar-refractivity contribution in [3.05, 3.63) is 34.2 Å². The lowest BCUT2D eigenvalue weighted by molar-refractivity contribution is -0.126. The van der Waals surface area contributed by atoms with Gasteiger partial charge in [-0.15, -0.1) is 0 Å². The predicted molar refractivity (Wildman–Crippen MR) is 82.7 cm³/mol. The van der Waals surface area contributed by atoms with Gasteiger partial charge in [0.15, 0.2) is 0 Å². The molecule has 0 aliphatic carbocycles. The second kappa shape index (κ2) is 6.62. The first-order valence-electron chi connectivity index (χ1n) is 7.16. The Hall–Kier alpha value is -1.67. The summed E-state index contributed by atoms with van der Waals surface area (Å²) in [5.74, 6) is -0.229. The van der Waals surface area contributed by atoms with Crippen LogP contribution in [0.1, 0.15) is 18.4 Å². The van der Waals surface area contributed by atoms with Gasteiger partial charge in [-0.25, -0.2) is 12.7 Å². The van der Waals surface area contributed by atoms with Gasteiger partial charge in [0.05, 0.1) is 6.26 Å². The van der Waals surface area contributed by atoms with Gasteiger partial charge >= 0.3 is 0 Å². The van der Waals surface area contributed by atoms with E-state index in [9.17, 15) is 18.0 Å². The largest absolute Gasteiger partial charge is 0.352 e. The Kier molecular flexibility index (Phi) is 5.02. The number of nitrogens with zero attached hydrogens (tertiary/aromatic N) is 2. The first-order valence-corrected chi connectivity index (χ1v) is 9.00. The van der Waals surface area contributed by atoms with Gasteiger partial charge in [-0.3, -0.25) is 9.59 Å². The number of hydrogen-bond acceptors (Lipinski definition) is 4. The number of hydrogen-bond donors (Lipinski definition) is 1. The molecule has 0 bridgehead atoms. The average Bonchev–Trinajstić information content (AvgIpc) is 2.47. The van der Waals surface area contributed by atoms with E-state index in [0.717, 1.165) is 5.56 Å². The zero-order chi connectivity index (χ0) is 16.3. The van der Waals surface area contributed by atoms with E-state index in [4.69, 9.17) is 0 Å². The summed E-state index contributed by atoms with van der Waals surface area (Å²) in [7, 11) is -1.51. The van der Waals surface area contributed by atoms with Crippen LogP contribution in [0.4, 0.5) is 0 Å². The van der Waals surface area contributed by atoms with Crippen LogP contribution in [-0.2, 0) is 28.4 Å². The topological polar surface area (TPSA) is 88.5 Å². The molecule has 1 aromatic rings. The van der Waals surface area contributed by atoms with Gasteiger partial charge in [-0.05, 0) is 18.4 Å². The molecule has 22 heavy (non-hydrogen) atoms. The summed E-state index contributed by atoms with van der Waals surface area (Å²) in [6.07, 6.45) is 3.94. The van der Waals surface area contributed by atoms with E-state index in [1.54, 1.807) is 19.3 Å². The third-order valence-corrected chi connectivity index (χ3v) is 5.21. The maximum Gasteiger partial charge on any atom is 0.250 e. The van der Waals surface area contributed by atoms with Crippen LogP contribution in [0.25, 0.3) is 0 Å².